The van der Waals surface area contributed by atoms with E-state index in [4.69, 9.17) is 13.0 Å². The summed E-state index contributed by atoms with van der Waals surface area (Å²) in [7, 11) is -4.72. The van der Waals surface area contributed by atoms with Crippen molar-refractivity contribution in [2.75, 3.05) is 19.8 Å². The van der Waals surface area contributed by atoms with E-state index in [1.54, 1.807) is 0 Å². The van der Waals surface area contributed by atoms with Crippen LogP contribution >= 0.6 is 0 Å². The smallest absolute Gasteiger partial charge is 0.311 e. The van der Waals surface area contributed by atoms with Crippen LogP contribution in [0.5, 0.6) is 0 Å². The Morgan fingerprint density at radius 2 is 1.23 bits per heavy atom. The molecule has 134 valence electrons. The number of rotatable bonds is 8. The molecule has 0 aliphatic carbocycles. The third kappa shape index (κ3) is 22.3. The number of hydrogen-bond donors (Lipinski definition) is 0. The van der Waals surface area contributed by atoms with E-state index in [2.05, 4.69) is 57.1 Å². The van der Waals surface area contributed by atoms with Gasteiger partial charge in [-0.2, -0.15) is 0 Å². The summed E-state index contributed by atoms with van der Waals surface area (Å²) in [4.78, 5) is 10.1. The minimum absolute atomic E-state index is 0.255. The number of carbonyl (C=O) groups excluding carboxylic acids is 1. The summed E-state index contributed by atoms with van der Waals surface area (Å²) in [6.45, 7) is 22.4. The highest BCUT2D eigenvalue weighted by atomic mass is 28.5. The summed E-state index contributed by atoms with van der Waals surface area (Å²) in [5.74, 6) is -0.255. The Labute approximate surface area is 140 Å². The summed E-state index contributed by atoms with van der Waals surface area (Å²) in [5.41, 5.74) is 0. The second kappa shape index (κ2) is 10.7. The minimum atomic E-state index is -1.85. The van der Waals surface area contributed by atoms with Crippen LogP contribution in [-0.4, -0.2) is 51.0 Å². The van der Waals surface area contributed by atoms with Gasteiger partial charge in [-0.25, -0.2) is 0 Å². The van der Waals surface area contributed by atoms with Crippen LogP contribution in [0.15, 0.2) is 0 Å². The predicted octanol–water partition coefficient (Wildman–Crippen LogP) is 3.98. The summed E-state index contributed by atoms with van der Waals surface area (Å²) in [6.07, 6.45) is 0. The van der Waals surface area contributed by atoms with Gasteiger partial charge >= 0.3 is 14.5 Å². The quantitative estimate of drug-likeness (QED) is 0.368. The molecule has 0 N–H and O–H groups in total. The van der Waals surface area contributed by atoms with Crippen LogP contribution in [0.3, 0.4) is 0 Å². The van der Waals surface area contributed by atoms with E-state index in [1.807, 2.05) is 6.92 Å². The van der Waals surface area contributed by atoms with Crippen LogP contribution in [0.2, 0.25) is 52.4 Å². The van der Waals surface area contributed by atoms with Gasteiger partial charge in [-0.15, -0.1) is 0 Å². The molecule has 0 aromatic carbocycles. The lowest BCUT2D eigenvalue weighted by atomic mass is 10.7. The van der Waals surface area contributed by atoms with Gasteiger partial charge in [-0.05, 0) is 59.3 Å². The van der Waals surface area contributed by atoms with Crippen molar-refractivity contribution in [3.05, 3.63) is 0 Å². The minimum Gasteiger partial charge on any atom is -0.463 e. The van der Waals surface area contributed by atoms with Crippen molar-refractivity contribution in [2.45, 2.75) is 66.2 Å². The monoisotopic (exact) mass is 368 g/mol. The predicted molar refractivity (Wildman–Crippen MR) is 99.5 cm³/mol. The van der Waals surface area contributed by atoms with Crippen LogP contribution in [0.1, 0.15) is 13.8 Å². The van der Waals surface area contributed by atoms with Gasteiger partial charge in [0.25, 0.3) is 0 Å². The fourth-order valence-corrected chi connectivity index (χ4v) is 14.2. The van der Waals surface area contributed by atoms with Crippen molar-refractivity contribution in [3.8, 4) is 0 Å². The molecule has 0 fully saturated rings. The average molecular weight is 369 g/mol. The third-order valence-corrected chi connectivity index (χ3v) is 10.7. The normalized spacial score (nSPS) is 12.5. The summed E-state index contributed by atoms with van der Waals surface area (Å²) in [5, 5.41) is 0. The molecule has 0 saturated carbocycles. The van der Waals surface area contributed by atoms with Gasteiger partial charge in [0.2, 0.25) is 0 Å². The van der Waals surface area contributed by atoms with Gasteiger partial charge in [0.05, 0.1) is 6.61 Å². The molecule has 0 aliphatic rings. The maximum Gasteiger partial charge on any atom is 0.311 e. The van der Waals surface area contributed by atoms with Crippen LogP contribution in [0, 0.1) is 0 Å². The maximum absolute atomic E-state index is 10.1. The van der Waals surface area contributed by atoms with Crippen molar-refractivity contribution < 1.29 is 22.5 Å². The van der Waals surface area contributed by atoms with E-state index in [1.165, 1.54) is 6.92 Å². The zero-order valence-corrected chi connectivity index (χ0v) is 19.2. The first-order chi connectivity index (χ1) is 9.68. The van der Waals surface area contributed by atoms with Gasteiger partial charge in [0, 0.05) is 13.5 Å². The van der Waals surface area contributed by atoms with Crippen molar-refractivity contribution >= 4 is 31.2 Å². The van der Waals surface area contributed by atoms with Crippen LogP contribution < -0.4 is 0 Å². The standard InChI is InChI=1S/C8H24O2Si3.C6H12O3/c1-11(2,3)9-13(7,8)10-12(4,5)6;1-3-8-4-5-9-6(2)7/h1-8H3;3-5H2,1-2H3. The Bertz CT molecular complexity index is 291. The van der Waals surface area contributed by atoms with E-state index in [-0.39, 0.29) is 5.97 Å². The second-order valence-electron chi connectivity index (χ2n) is 7.37. The van der Waals surface area contributed by atoms with Gasteiger partial charge in [-0.3, -0.25) is 4.79 Å². The van der Waals surface area contributed by atoms with Gasteiger partial charge in [0.15, 0.2) is 16.6 Å². The molecular weight excluding hydrogens is 332 g/mol. The van der Waals surface area contributed by atoms with Crippen molar-refractivity contribution in [1.29, 1.82) is 0 Å². The van der Waals surface area contributed by atoms with Gasteiger partial charge in [-0.1, -0.05) is 0 Å². The SMILES string of the molecule is CCOCCOC(C)=O.C[Si](C)(C)O[Si](C)(C)O[Si](C)(C)C. The molecule has 0 bridgehead atoms. The van der Waals surface area contributed by atoms with E-state index in [0.717, 1.165) is 0 Å². The molecule has 0 radical (unpaired) electrons. The fourth-order valence-electron chi connectivity index (χ4n) is 1.88. The zero-order valence-electron chi connectivity index (χ0n) is 16.2. The Hall–Kier alpha value is 0.000649. The molecule has 0 spiro atoms. The molecule has 22 heavy (non-hydrogen) atoms. The first kappa shape index (κ1) is 24.3. The van der Waals surface area contributed by atoms with Crippen LogP contribution in [-0.2, 0) is 22.5 Å². The lowest BCUT2D eigenvalue weighted by Crippen LogP contribution is -2.50. The van der Waals surface area contributed by atoms with Crippen molar-refractivity contribution in [1.82, 2.24) is 0 Å². The number of hydrogen-bond acceptors (Lipinski definition) is 5. The van der Waals surface area contributed by atoms with E-state index in [0.29, 0.717) is 19.8 Å². The average Bonchev–Trinajstić information content (AvgIpc) is 2.17. The largest absolute Gasteiger partial charge is 0.463 e. The number of carbonyl (C=O) groups is 1. The highest BCUT2D eigenvalue weighted by Crippen LogP contribution is 2.19. The maximum atomic E-state index is 10.1. The second-order valence-corrected chi connectivity index (χ2v) is 20.2. The van der Waals surface area contributed by atoms with Crippen molar-refractivity contribution in [2.24, 2.45) is 0 Å². The third-order valence-electron chi connectivity index (χ3n) is 1.84. The van der Waals surface area contributed by atoms with Gasteiger partial charge in [0.1, 0.15) is 6.61 Å². The van der Waals surface area contributed by atoms with Crippen LogP contribution in [0.25, 0.3) is 0 Å². The molecule has 0 rings (SSSR count). The summed E-state index contributed by atoms with van der Waals surface area (Å²) in [6, 6.07) is 0. The molecule has 8 heteroatoms. The molecule has 0 aliphatic heterocycles. The molecule has 0 heterocycles. The zero-order chi connectivity index (χ0) is 18.0. The Kier molecular flexibility index (Phi) is 11.8. The molecule has 0 aromatic rings. The van der Waals surface area contributed by atoms with Crippen molar-refractivity contribution in [3.63, 3.8) is 0 Å². The Morgan fingerprint density at radius 1 is 0.818 bits per heavy atom. The summed E-state index contributed by atoms with van der Waals surface area (Å²) >= 11 is 0. The number of esters is 1. The summed E-state index contributed by atoms with van der Waals surface area (Å²) < 4.78 is 21.7. The van der Waals surface area contributed by atoms with E-state index in [9.17, 15) is 4.79 Å². The lowest BCUT2D eigenvalue weighted by molar-refractivity contribution is -0.142. The highest BCUT2D eigenvalue weighted by Gasteiger charge is 2.35. The molecule has 0 aromatic heterocycles. The van der Waals surface area contributed by atoms with Gasteiger partial charge < -0.3 is 17.7 Å². The van der Waals surface area contributed by atoms with E-state index >= 15 is 0 Å². The Balaban J connectivity index is 0. The molecule has 0 saturated heterocycles. The Morgan fingerprint density at radius 3 is 1.50 bits per heavy atom. The highest BCUT2D eigenvalue weighted by molar-refractivity contribution is 6.87. The first-order valence-electron chi connectivity index (χ1n) is 7.80. The fraction of sp³-hybridized carbons (Fsp3) is 0.929. The molecular formula is C14H36O5Si3. The van der Waals surface area contributed by atoms with Crippen LogP contribution in [0.4, 0.5) is 0 Å². The van der Waals surface area contributed by atoms with E-state index < -0.39 is 25.2 Å². The number of ether oxygens (including phenoxy) is 2. The lowest BCUT2D eigenvalue weighted by Gasteiger charge is -2.35. The molecule has 0 atom stereocenters. The topological polar surface area (TPSA) is 54.0 Å². The first-order valence-corrected chi connectivity index (χ1v) is 17.4. The molecule has 5 nitrogen and oxygen atoms in total. The molecule has 0 unspecified atom stereocenters. The molecule has 0 amide bonds.